The molecule has 2 atom stereocenters. The van der Waals surface area contributed by atoms with Crippen molar-refractivity contribution in [3.8, 4) is 0 Å². The number of hydrogen-bond acceptors (Lipinski definition) is 6. The summed E-state index contributed by atoms with van der Waals surface area (Å²) >= 11 is 0. The second-order valence-corrected chi connectivity index (χ2v) is 15.9. The topological polar surface area (TPSA) is 99.1 Å². The molecular weight excluding hydrogens is 703 g/mol. The van der Waals surface area contributed by atoms with Crippen molar-refractivity contribution in [1.82, 2.24) is 0 Å². The quantitative estimate of drug-likeness (QED) is 0.0287. The molecule has 1 N–H and O–H groups in total. The number of aliphatic carboxylic acids is 1. The van der Waals surface area contributed by atoms with Crippen LogP contribution < -0.4 is 0 Å². The SMILES string of the molecule is CC/C=C/C/C=C/C/C=C/CCCCCCCCCCCC(=O)OC(COCCC(C(=O)O)[N+](C)(C)C)COC(=O)CC/C=C/C/C=C/CCCCCCCC. The van der Waals surface area contributed by atoms with Crippen LogP contribution in [0, 0.1) is 0 Å². The second-order valence-electron chi connectivity index (χ2n) is 15.9. The van der Waals surface area contributed by atoms with Crippen molar-refractivity contribution in [1.29, 1.82) is 0 Å². The Labute approximate surface area is 343 Å². The molecule has 322 valence electrons. The molecule has 0 heterocycles. The molecule has 0 spiro atoms. The third-order valence-corrected chi connectivity index (χ3v) is 9.66. The molecule has 0 rings (SSSR count). The Hall–Kier alpha value is -2.97. The number of unbranched alkanes of at least 4 members (excludes halogenated alkanes) is 15. The second kappa shape index (κ2) is 38.9. The van der Waals surface area contributed by atoms with Gasteiger partial charge in [0.05, 0.1) is 34.4 Å². The van der Waals surface area contributed by atoms with Gasteiger partial charge < -0.3 is 23.8 Å². The maximum atomic E-state index is 12.7. The van der Waals surface area contributed by atoms with E-state index in [-0.39, 0.29) is 42.7 Å². The Bertz CT molecular complexity index is 1100. The molecule has 8 heteroatoms. The number of quaternary nitrogens is 1. The van der Waals surface area contributed by atoms with E-state index in [1.54, 1.807) is 0 Å². The largest absolute Gasteiger partial charge is 0.477 e. The average Bonchev–Trinajstić information content (AvgIpc) is 3.15. The van der Waals surface area contributed by atoms with Gasteiger partial charge in [-0.1, -0.05) is 152 Å². The van der Waals surface area contributed by atoms with Crippen LogP contribution in [0.3, 0.4) is 0 Å². The molecule has 0 radical (unpaired) electrons. The third-order valence-electron chi connectivity index (χ3n) is 9.66. The van der Waals surface area contributed by atoms with Crippen LogP contribution in [0.1, 0.15) is 174 Å². The molecule has 0 saturated carbocycles. The number of rotatable bonds is 39. The highest BCUT2D eigenvalue weighted by atomic mass is 16.6. The van der Waals surface area contributed by atoms with Crippen LogP contribution in [-0.4, -0.2) is 80.6 Å². The first kappa shape index (κ1) is 53.0. The Balaban J connectivity index is 4.39. The van der Waals surface area contributed by atoms with E-state index in [9.17, 15) is 19.5 Å². The molecule has 0 saturated heterocycles. The number of esters is 2. The van der Waals surface area contributed by atoms with Crippen molar-refractivity contribution >= 4 is 17.9 Å². The lowest BCUT2D eigenvalue weighted by Crippen LogP contribution is -2.50. The predicted molar refractivity (Wildman–Crippen MR) is 234 cm³/mol. The number of carbonyl (C=O) groups is 3. The molecule has 0 fully saturated rings. The van der Waals surface area contributed by atoms with Crippen LogP contribution in [0.25, 0.3) is 0 Å². The fourth-order valence-corrected chi connectivity index (χ4v) is 6.22. The summed E-state index contributed by atoms with van der Waals surface area (Å²) in [4.78, 5) is 36.9. The molecule has 0 bridgehead atoms. The first-order valence-electron chi connectivity index (χ1n) is 22.3. The van der Waals surface area contributed by atoms with Crippen molar-refractivity contribution in [3.05, 3.63) is 60.8 Å². The van der Waals surface area contributed by atoms with Crippen LogP contribution in [0.5, 0.6) is 0 Å². The Morgan fingerprint density at radius 3 is 1.55 bits per heavy atom. The van der Waals surface area contributed by atoms with E-state index < -0.39 is 18.1 Å². The molecule has 2 unspecified atom stereocenters. The minimum atomic E-state index is -0.884. The minimum absolute atomic E-state index is 0.0400. The van der Waals surface area contributed by atoms with E-state index in [1.165, 1.54) is 77.0 Å². The highest BCUT2D eigenvalue weighted by molar-refractivity contribution is 5.72. The smallest absolute Gasteiger partial charge is 0.362 e. The summed E-state index contributed by atoms with van der Waals surface area (Å²) < 4.78 is 17.2. The lowest BCUT2D eigenvalue weighted by atomic mass is 10.1. The maximum Gasteiger partial charge on any atom is 0.362 e. The molecule has 8 nitrogen and oxygen atoms in total. The fraction of sp³-hybridized carbons (Fsp3) is 0.729. The van der Waals surface area contributed by atoms with E-state index in [1.807, 2.05) is 27.2 Å². The molecular formula is C48H84NO7+. The van der Waals surface area contributed by atoms with Gasteiger partial charge in [0, 0.05) is 19.3 Å². The molecule has 56 heavy (non-hydrogen) atoms. The number of nitrogens with zero attached hydrogens (tertiary/aromatic N) is 1. The van der Waals surface area contributed by atoms with Crippen molar-refractivity contribution < 1.29 is 38.2 Å². The van der Waals surface area contributed by atoms with Gasteiger partial charge in [-0.15, -0.1) is 0 Å². The van der Waals surface area contributed by atoms with E-state index in [2.05, 4.69) is 68.5 Å². The number of carbonyl (C=O) groups excluding carboxylic acids is 2. The van der Waals surface area contributed by atoms with Gasteiger partial charge in [-0.05, 0) is 64.2 Å². The monoisotopic (exact) mass is 787 g/mol. The van der Waals surface area contributed by atoms with Gasteiger partial charge in [0.15, 0.2) is 12.1 Å². The number of carboxylic acids is 1. The van der Waals surface area contributed by atoms with Crippen molar-refractivity contribution in [3.63, 3.8) is 0 Å². The van der Waals surface area contributed by atoms with Crippen LogP contribution in [0.4, 0.5) is 0 Å². The molecule has 0 aliphatic rings. The normalized spacial score (nSPS) is 13.5. The van der Waals surface area contributed by atoms with Crippen LogP contribution in [0.2, 0.25) is 0 Å². The van der Waals surface area contributed by atoms with Gasteiger partial charge in [-0.25, -0.2) is 4.79 Å². The number of likely N-dealkylation sites (N-methyl/N-ethyl adjacent to an activating group) is 1. The molecule has 0 aromatic carbocycles. The summed E-state index contributed by atoms with van der Waals surface area (Å²) in [5.74, 6) is -1.56. The zero-order valence-electron chi connectivity index (χ0n) is 36.6. The van der Waals surface area contributed by atoms with Gasteiger partial charge in [0.25, 0.3) is 0 Å². The van der Waals surface area contributed by atoms with E-state index >= 15 is 0 Å². The highest BCUT2D eigenvalue weighted by Crippen LogP contribution is 2.14. The molecule has 0 aromatic rings. The van der Waals surface area contributed by atoms with Crippen molar-refractivity contribution in [2.24, 2.45) is 0 Å². The summed E-state index contributed by atoms with van der Waals surface area (Å²) in [7, 11) is 5.51. The van der Waals surface area contributed by atoms with Gasteiger partial charge in [0.2, 0.25) is 0 Å². The maximum absolute atomic E-state index is 12.7. The van der Waals surface area contributed by atoms with E-state index in [0.29, 0.717) is 19.3 Å². The summed E-state index contributed by atoms with van der Waals surface area (Å²) in [5.41, 5.74) is 0. The summed E-state index contributed by atoms with van der Waals surface area (Å²) in [5, 5.41) is 9.62. The van der Waals surface area contributed by atoms with Crippen LogP contribution in [0.15, 0.2) is 60.8 Å². The minimum Gasteiger partial charge on any atom is -0.477 e. The Kier molecular flexibility index (Phi) is 36.8. The zero-order chi connectivity index (χ0) is 41.4. The van der Waals surface area contributed by atoms with E-state index in [0.717, 1.165) is 57.8 Å². The average molecular weight is 787 g/mol. The number of ether oxygens (including phenoxy) is 3. The third kappa shape index (κ3) is 36.7. The molecule has 0 aliphatic heterocycles. The molecule has 0 aromatic heterocycles. The van der Waals surface area contributed by atoms with Crippen LogP contribution >= 0.6 is 0 Å². The summed E-state index contributed by atoms with van der Waals surface area (Å²) in [6.07, 6.45) is 47.1. The molecule has 0 aliphatic carbocycles. The summed E-state index contributed by atoms with van der Waals surface area (Å²) in [6, 6.07) is -0.624. The standard InChI is InChI=1S/C48H83NO7/c1-6-8-10-12-14-16-18-20-21-22-23-24-25-27-29-31-33-35-37-39-47(51)56-44(42-54-41-40-45(48(52)53)49(3,4)5)43-55-46(50)38-36-34-32-30-28-26-19-17-15-13-11-9-7-2/h8,10,14,16,20-21,26,28,32,34,44-45H,6-7,9,11-13,15,17-19,22-25,27,29-31,33,35-43H2,1-5H3/p+1/b10-8+,16-14+,21-20+,28-26+,34-32+. The first-order chi connectivity index (χ1) is 27.1. The Morgan fingerprint density at radius 1 is 0.554 bits per heavy atom. The van der Waals surface area contributed by atoms with Crippen molar-refractivity contribution in [2.45, 2.75) is 187 Å². The molecule has 0 amide bonds. The summed E-state index contributed by atoms with van der Waals surface area (Å²) in [6.45, 7) is 4.54. The predicted octanol–water partition coefficient (Wildman–Crippen LogP) is 12.2. The number of carboxylic acid groups (broad SMARTS) is 1. The first-order valence-corrected chi connectivity index (χ1v) is 22.3. The zero-order valence-corrected chi connectivity index (χ0v) is 36.6. The number of allylic oxidation sites excluding steroid dienone is 10. The Morgan fingerprint density at radius 2 is 1.04 bits per heavy atom. The fourth-order valence-electron chi connectivity index (χ4n) is 6.22. The van der Waals surface area contributed by atoms with Gasteiger partial charge >= 0.3 is 17.9 Å². The lowest BCUT2D eigenvalue weighted by Gasteiger charge is -2.31. The van der Waals surface area contributed by atoms with Gasteiger partial charge in [0.1, 0.15) is 6.61 Å². The van der Waals surface area contributed by atoms with E-state index in [4.69, 9.17) is 14.2 Å². The van der Waals surface area contributed by atoms with Gasteiger partial charge in [-0.3, -0.25) is 9.59 Å². The number of hydrogen-bond donors (Lipinski definition) is 1. The van der Waals surface area contributed by atoms with Gasteiger partial charge in [-0.2, -0.15) is 0 Å². The lowest BCUT2D eigenvalue weighted by molar-refractivity contribution is -0.887. The van der Waals surface area contributed by atoms with Crippen molar-refractivity contribution in [2.75, 3.05) is 41.0 Å². The van der Waals surface area contributed by atoms with Crippen LogP contribution in [-0.2, 0) is 28.6 Å². The highest BCUT2D eigenvalue weighted by Gasteiger charge is 2.31.